The van der Waals surface area contributed by atoms with Crippen LogP contribution in [0.4, 0.5) is 10.1 Å². The number of nitrogens with zero attached hydrogens (tertiary/aromatic N) is 1. The van der Waals surface area contributed by atoms with Crippen molar-refractivity contribution in [2.24, 2.45) is 5.92 Å². The molecular weight excluding hydrogens is 543 g/mol. The Balaban J connectivity index is 1.84. The van der Waals surface area contributed by atoms with E-state index in [1.165, 1.54) is 12.1 Å². The molecule has 0 spiro atoms. The van der Waals surface area contributed by atoms with Crippen molar-refractivity contribution in [3.63, 3.8) is 0 Å². The maximum atomic E-state index is 14.1. The molecular formula is C36H41FN2O4. The molecule has 0 aliphatic heterocycles. The minimum absolute atomic E-state index is 0.00171. The van der Waals surface area contributed by atoms with Crippen molar-refractivity contribution < 1.29 is 24.2 Å². The molecule has 0 unspecified atom stereocenters. The third-order valence-electron chi connectivity index (χ3n) is 7.60. The van der Waals surface area contributed by atoms with Gasteiger partial charge in [0.05, 0.1) is 23.5 Å². The highest BCUT2D eigenvalue weighted by molar-refractivity contribution is 6.12. The summed E-state index contributed by atoms with van der Waals surface area (Å²) in [6, 6.07) is 25.1. The Bertz CT molecular complexity index is 1510. The standard InChI is InChI=1S/C36H41FN2O4/c1-23(2)31(42)22-30(41)21-29(40)19-20-39-34(24(3)4)33(36(43)38-28-13-9-6-10-14-28)32(25-11-7-5-8-12-25)35(39)26-15-17-27(37)18-16-26/h5-18,23-24,29-30,40-41H,19-22H2,1-4H3,(H,38,43)/t29-,30-/m1/s1. The fourth-order valence-electron chi connectivity index (χ4n) is 5.47. The number of halogens is 1. The van der Waals surface area contributed by atoms with Crippen LogP contribution in [0.2, 0.25) is 0 Å². The molecule has 0 saturated heterocycles. The van der Waals surface area contributed by atoms with Crippen LogP contribution in [0.25, 0.3) is 22.4 Å². The summed E-state index contributed by atoms with van der Waals surface area (Å²) in [6.45, 7) is 7.96. The number of carbonyl (C=O) groups excluding carboxylic acids is 2. The van der Waals surface area contributed by atoms with Crippen molar-refractivity contribution in [2.45, 2.75) is 71.6 Å². The average molecular weight is 585 g/mol. The number of ketones is 1. The van der Waals surface area contributed by atoms with Crippen LogP contribution < -0.4 is 5.32 Å². The van der Waals surface area contributed by atoms with Crippen molar-refractivity contribution >= 4 is 17.4 Å². The number of Topliss-reactive ketones (excluding diaryl/α,β-unsaturated/α-hetero) is 1. The van der Waals surface area contributed by atoms with E-state index in [-0.39, 0.29) is 48.6 Å². The van der Waals surface area contributed by atoms with Crippen LogP contribution >= 0.6 is 0 Å². The molecule has 0 fully saturated rings. The molecule has 43 heavy (non-hydrogen) atoms. The third kappa shape index (κ3) is 7.86. The second kappa shape index (κ2) is 14.4. The van der Waals surface area contributed by atoms with Gasteiger partial charge in [-0.2, -0.15) is 0 Å². The van der Waals surface area contributed by atoms with Gasteiger partial charge in [0, 0.05) is 35.8 Å². The molecule has 0 radical (unpaired) electrons. The van der Waals surface area contributed by atoms with Gasteiger partial charge in [0.2, 0.25) is 0 Å². The fourth-order valence-corrected chi connectivity index (χ4v) is 5.47. The molecule has 3 aromatic carbocycles. The summed E-state index contributed by atoms with van der Waals surface area (Å²) in [6.07, 6.45) is -1.47. The number of hydrogen-bond acceptors (Lipinski definition) is 4. The van der Waals surface area contributed by atoms with Crippen molar-refractivity contribution in [1.82, 2.24) is 4.57 Å². The summed E-state index contributed by atoms with van der Waals surface area (Å²) in [5.41, 5.74) is 5.01. The summed E-state index contributed by atoms with van der Waals surface area (Å²) in [7, 11) is 0. The van der Waals surface area contributed by atoms with E-state index in [1.807, 2.05) is 74.5 Å². The number of rotatable bonds is 13. The summed E-state index contributed by atoms with van der Waals surface area (Å²) >= 11 is 0. The summed E-state index contributed by atoms with van der Waals surface area (Å²) < 4.78 is 16.1. The lowest BCUT2D eigenvalue weighted by molar-refractivity contribution is -0.124. The minimum Gasteiger partial charge on any atom is -0.393 e. The van der Waals surface area contributed by atoms with Gasteiger partial charge in [-0.25, -0.2) is 4.39 Å². The normalized spacial score (nSPS) is 12.9. The van der Waals surface area contributed by atoms with E-state index in [0.717, 1.165) is 28.1 Å². The van der Waals surface area contributed by atoms with E-state index in [4.69, 9.17) is 0 Å². The van der Waals surface area contributed by atoms with Crippen LogP contribution in [0.5, 0.6) is 0 Å². The molecule has 3 N–H and O–H groups in total. The molecule has 0 aliphatic rings. The molecule has 226 valence electrons. The maximum absolute atomic E-state index is 14.1. The van der Waals surface area contributed by atoms with Gasteiger partial charge in [0.1, 0.15) is 11.6 Å². The van der Waals surface area contributed by atoms with E-state index in [1.54, 1.807) is 26.0 Å². The van der Waals surface area contributed by atoms with Gasteiger partial charge >= 0.3 is 0 Å². The predicted molar refractivity (Wildman–Crippen MR) is 169 cm³/mol. The second-order valence-corrected chi connectivity index (χ2v) is 11.6. The molecule has 7 heteroatoms. The largest absolute Gasteiger partial charge is 0.393 e. The number of aliphatic hydroxyl groups excluding tert-OH is 2. The lowest BCUT2D eigenvalue weighted by Crippen LogP contribution is -2.24. The van der Waals surface area contributed by atoms with Gasteiger partial charge in [-0.05, 0) is 66.3 Å². The highest BCUT2D eigenvalue weighted by atomic mass is 19.1. The van der Waals surface area contributed by atoms with Gasteiger partial charge in [-0.3, -0.25) is 9.59 Å². The summed E-state index contributed by atoms with van der Waals surface area (Å²) in [5, 5.41) is 24.5. The van der Waals surface area contributed by atoms with E-state index < -0.39 is 12.2 Å². The van der Waals surface area contributed by atoms with Crippen molar-refractivity contribution in [1.29, 1.82) is 0 Å². The zero-order valence-electron chi connectivity index (χ0n) is 25.3. The minimum atomic E-state index is -0.942. The monoisotopic (exact) mass is 584 g/mol. The lowest BCUT2D eigenvalue weighted by Gasteiger charge is -2.20. The van der Waals surface area contributed by atoms with E-state index in [2.05, 4.69) is 9.88 Å². The van der Waals surface area contributed by atoms with Crippen LogP contribution in [0.3, 0.4) is 0 Å². The number of anilines is 1. The van der Waals surface area contributed by atoms with Crippen molar-refractivity contribution in [2.75, 3.05) is 5.32 Å². The second-order valence-electron chi connectivity index (χ2n) is 11.6. The first-order chi connectivity index (χ1) is 20.6. The van der Waals surface area contributed by atoms with Crippen molar-refractivity contribution in [3.8, 4) is 22.4 Å². The SMILES string of the molecule is CC(C)C(=O)C[C@H](O)C[C@H](O)CCn1c(-c2ccc(F)cc2)c(-c2ccccc2)c(C(=O)Nc2ccccc2)c1C(C)C. The molecule has 4 aromatic rings. The molecule has 1 heterocycles. The maximum Gasteiger partial charge on any atom is 0.258 e. The smallest absolute Gasteiger partial charge is 0.258 e. The molecule has 6 nitrogen and oxygen atoms in total. The van der Waals surface area contributed by atoms with E-state index >= 15 is 0 Å². The Morgan fingerprint density at radius 2 is 1.42 bits per heavy atom. The number of benzene rings is 3. The number of nitrogens with one attached hydrogen (secondary N) is 1. The molecule has 2 atom stereocenters. The molecule has 1 amide bonds. The molecule has 0 bridgehead atoms. The zero-order chi connectivity index (χ0) is 31.1. The van der Waals surface area contributed by atoms with Gasteiger partial charge in [-0.1, -0.05) is 76.2 Å². The lowest BCUT2D eigenvalue weighted by atomic mass is 9.94. The van der Waals surface area contributed by atoms with Crippen LogP contribution in [0, 0.1) is 11.7 Å². The quantitative estimate of drug-likeness (QED) is 0.152. The number of hydrogen-bond donors (Lipinski definition) is 3. The average Bonchev–Trinajstić information content (AvgIpc) is 3.33. The van der Waals surface area contributed by atoms with Gasteiger partial charge in [-0.15, -0.1) is 0 Å². The number of carbonyl (C=O) groups is 2. The van der Waals surface area contributed by atoms with Crippen LogP contribution in [-0.2, 0) is 11.3 Å². The Morgan fingerprint density at radius 3 is 2.00 bits per heavy atom. The third-order valence-corrected chi connectivity index (χ3v) is 7.60. The zero-order valence-corrected chi connectivity index (χ0v) is 25.3. The summed E-state index contributed by atoms with van der Waals surface area (Å²) in [5.74, 6) is -0.948. The Hall–Kier alpha value is -4.07. The van der Waals surface area contributed by atoms with E-state index in [0.29, 0.717) is 17.8 Å². The van der Waals surface area contributed by atoms with Gasteiger partial charge in [0.15, 0.2) is 0 Å². The predicted octanol–water partition coefficient (Wildman–Crippen LogP) is 7.45. The summed E-state index contributed by atoms with van der Waals surface area (Å²) in [4.78, 5) is 26.2. The first-order valence-corrected chi connectivity index (χ1v) is 14.9. The van der Waals surface area contributed by atoms with Crippen LogP contribution in [-0.4, -0.2) is 38.7 Å². The Labute approximate surface area is 253 Å². The van der Waals surface area contributed by atoms with E-state index in [9.17, 15) is 24.2 Å². The number of amides is 1. The Kier molecular flexibility index (Phi) is 10.7. The van der Waals surface area contributed by atoms with Gasteiger partial charge < -0.3 is 20.1 Å². The fraction of sp³-hybridized carbons (Fsp3) is 0.333. The first-order valence-electron chi connectivity index (χ1n) is 14.9. The van der Waals surface area contributed by atoms with Gasteiger partial charge in [0.25, 0.3) is 5.91 Å². The first kappa shape index (κ1) is 31.9. The molecule has 0 saturated carbocycles. The molecule has 4 rings (SSSR count). The number of aromatic nitrogens is 1. The van der Waals surface area contributed by atoms with Crippen LogP contribution in [0.1, 0.15) is 68.9 Å². The molecule has 1 aromatic heterocycles. The number of aliphatic hydroxyl groups is 2. The topological polar surface area (TPSA) is 91.6 Å². The molecule has 0 aliphatic carbocycles. The highest BCUT2D eigenvalue weighted by Crippen LogP contribution is 2.42. The van der Waals surface area contributed by atoms with Crippen LogP contribution in [0.15, 0.2) is 84.9 Å². The Morgan fingerprint density at radius 1 is 0.814 bits per heavy atom. The van der Waals surface area contributed by atoms with Crippen molar-refractivity contribution in [3.05, 3.63) is 102 Å². The number of para-hydroxylation sites is 1. The highest BCUT2D eigenvalue weighted by Gasteiger charge is 2.31.